The maximum atomic E-state index is 10.5. The first-order chi connectivity index (χ1) is 10.9. The lowest BCUT2D eigenvalue weighted by Crippen LogP contribution is -2.18. The zero-order valence-electron chi connectivity index (χ0n) is 14.7. The Morgan fingerprint density at radius 3 is 2.39 bits per heavy atom. The van der Waals surface area contributed by atoms with Crippen molar-refractivity contribution < 1.29 is 5.11 Å². The van der Waals surface area contributed by atoms with Crippen molar-refractivity contribution in [3.8, 4) is 0 Å². The zero-order chi connectivity index (χ0) is 17.2. The SMILES string of the molecule is CC(/C=C/I)=C\[C@@H](C)[C@@H](O)/C(C)=C/[C@@H](C)CCc1ccccc1. The molecule has 1 aromatic carbocycles. The van der Waals surface area contributed by atoms with Crippen LogP contribution in [0.3, 0.4) is 0 Å². The van der Waals surface area contributed by atoms with Crippen molar-refractivity contribution in [2.45, 2.75) is 46.6 Å². The predicted molar refractivity (Wildman–Crippen MR) is 110 cm³/mol. The first-order valence-electron chi connectivity index (χ1n) is 8.29. The van der Waals surface area contributed by atoms with Crippen molar-refractivity contribution in [2.75, 3.05) is 0 Å². The third-order valence-corrected chi connectivity index (χ3v) is 4.45. The molecule has 0 heterocycles. The van der Waals surface area contributed by atoms with Gasteiger partial charge in [-0.2, -0.15) is 0 Å². The topological polar surface area (TPSA) is 20.2 Å². The molecule has 0 aromatic heterocycles. The van der Waals surface area contributed by atoms with Crippen molar-refractivity contribution in [3.63, 3.8) is 0 Å². The Labute approximate surface area is 155 Å². The van der Waals surface area contributed by atoms with Crippen LogP contribution in [0.1, 0.15) is 39.7 Å². The Morgan fingerprint density at radius 1 is 1.13 bits per heavy atom. The van der Waals surface area contributed by atoms with Gasteiger partial charge in [-0.25, -0.2) is 0 Å². The lowest BCUT2D eigenvalue weighted by molar-refractivity contribution is 0.172. The molecule has 1 rings (SSSR count). The van der Waals surface area contributed by atoms with Gasteiger partial charge in [-0.3, -0.25) is 0 Å². The molecule has 0 bridgehead atoms. The molecule has 0 saturated carbocycles. The molecule has 0 aliphatic carbocycles. The summed E-state index contributed by atoms with van der Waals surface area (Å²) >= 11 is 2.21. The zero-order valence-corrected chi connectivity index (χ0v) is 16.8. The second-order valence-corrected chi connectivity index (χ2v) is 7.14. The molecule has 0 unspecified atom stereocenters. The highest BCUT2D eigenvalue weighted by atomic mass is 127. The molecule has 2 heteroatoms. The number of aliphatic hydroxyl groups is 1. The molecule has 126 valence electrons. The van der Waals surface area contributed by atoms with E-state index in [1.54, 1.807) is 0 Å². The smallest absolute Gasteiger partial charge is 0.0807 e. The highest BCUT2D eigenvalue weighted by Crippen LogP contribution is 2.19. The van der Waals surface area contributed by atoms with Gasteiger partial charge < -0.3 is 5.11 Å². The van der Waals surface area contributed by atoms with Gasteiger partial charge in [-0.15, -0.1) is 0 Å². The van der Waals surface area contributed by atoms with Crippen LogP contribution in [-0.2, 0) is 6.42 Å². The minimum atomic E-state index is -0.410. The summed E-state index contributed by atoms with van der Waals surface area (Å²) in [5, 5.41) is 10.5. The monoisotopic (exact) mass is 424 g/mol. The lowest BCUT2D eigenvalue weighted by Gasteiger charge is -2.19. The van der Waals surface area contributed by atoms with Gasteiger partial charge in [-0.05, 0) is 47.8 Å². The Hall–Kier alpha value is -0.870. The largest absolute Gasteiger partial charge is 0.388 e. The molecule has 1 N–H and O–H groups in total. The lowest BCUT2D eigenvalue weighted by atomic mass is 9.92. The highest BCUT2D eigenvalue weighted by Gasteiger charge is 2.14. The molecule has 0 aliphatic heterocycles. The number of aliphatic hydroxyl groups excluding tert-OH is 1. The van der Waals surface area contributed by atoms with Crippen molar-refractivity contribution in [1.29, 1.82) is 0 Å². The van der Waals surface area contributed by atoms with E-state index in [2.05, 4.69) is 91.9 Å². The fourth-order valence-corrected chi connectivity index (χ4v) is 3.31. The average Bonchev–Trinajstić information content (AvgIpc) is 2.53. The molecule has 0 spiro atoms. The summed E-state index contributed by atoms with van der Waals surface area (Å²) in [5.74, 6) is 0.594. The average molecular weight is 424 g/mol. The van der Waals surface area contributed by atoms with Crippen LogP contribution in [0.25, 0.3) is 0 Å². The number of halogens is 1. The van der Waals surface area contributed by atoms with E-state index in [9.17, 15) is 5.11 Å². The number of rotatable bonds is 8. The Morgan fingerprint density at radius 2 is 1.78 bits per heavy atom. The van der Waals surface area contributed by atoms with Gasteiger partial charge >= 0.3 is 0 Å². The maximum Gasteiger partial charge on any atom is 0.0807 e. The van der Waals surface area contributed by atoms with Gasteiger partial charge in [0, 0.05) is 5.92 Å². The first kappa shape index (κ1) is 20.2. The number of benzene rings is 1. The molecule has 0 aliphatic rings. The van der Waals surface area contributed by atoms with Gasteiger partial charge in [0.15, 0.2) is 0 Å². The van der Waals surface area contributed by atoms with Gasteiger partial charge in [0.1, 0.15) is 0 Å². The third kappa shape index (κ3) is 7.98. The number of aryl methyl sites for hydroxylation is 1. The molecule has 0 saturated heterocycles. The Balaban J connectivity index is 2.58. The quantitative estimate of drug-likeness (QED) is 0.304. The fraction of sp³-hybridized carbons (Fsp3) is 0.429. The number of hydrogen-bond acceptors (Lipinski definition) is 1. The summed E-state index contributed by atoms with van der Waals surface area (Å²) in [5.41, 5.74) is 3.64. The summed E-state index contributed by atoms with van der Waals surface area (Å²) in [7, 11) is 0. The Kier molecular flexibility index (Phi) is 9.49. The summed E-state index contributed by atoms with van der Waals surface area (Å²) < 4.78 is 2.00. The number of hydrogen-bond donors (Lipinski definition) is 1. The summed E-state index contributed by atoms with van der Waals surface area (Å²) in [6, 6.07) is 10.6. The summed E-state index contributed by atoms with van der Waals surface area (Å²) in [6.45, 7) is 8.41. The molecule has 1 nitrogen and oxygen atoms in total. The van der Waals surface area contributed by atoms with Gasteiger partial charge in [0.25, 0.3) is 0 Å². The van der Waals surface area contributed by atoms with E-state index in [4.69, 9.17) is 0 Å². The van der Waals surface area contributed by atoms with Crippen LogP contribution < -0.4 is 0 Å². The van der Waals surface area contributed by atoms with Gasteiger partial charge in [0.2, 0.25) is 0 Å². The molecule has 0 amide bonds. The van der Waals surface area contributed by atoms with Crippen LogP contribution in [0.5, 0.6) is 0 Å². The summed E-state index contributed by atoms with van der Waals surface area (Å²) in [6.07, 6.45) is 8.19. The minimum absolute atomic E-state index is 0.125. The maximum absolute atomic E-state index is 10.5. The molecule has 23 heavy (non-hydrogen) atoms. The second kappa shape index (κ2) is 10.8. The van der Waals surface area contributed by atoms with Crippen molar-refractivity contribution >= 4 is 22.6 Å². The van der Waals surface area contributed by atoms with Crippen LogP contribution in [-0.4, -0.2) is 11.2 Å². The molecular formula is C21H29IO. The number of allylic oxidation sites excluding steroid dienone is 3. The van der Waals surface area contributed by atoms with Gasteiger partial charge in [0.05, 0.1) is 6.10 Å². The van der Waals surface area contributed by atoms with E-state index in [1.807, 2.05) is 11.0 Å². The molecule has 3 atom stereocenters. The first-order valence-corrected chi connectivity index (χ1v) is 9.54. The van der Waals surface area contributed by atoms with Gasteiger partial charge in [-0.1, -0.05) is 90.6 Å². The van der Waals surface area contributed by atoms with E-state index in [-0.39, 0.29) is 5.92 Å². The third-order valence-electron chi connectivity index (χ3n) is 4.09. The predicted octanol–water partition coefficient (Wildman–Crippen LogP) is 6.09. The van der Waals surface area contributed by atoms with E-state index in [0.717, 1.165) is 18.4 Å². The standard InChI is InChI=1S/C21H29IO/c1-16(10-11-20-8-6-5-7-9-20)14-18(3)21(23)19(4)15-17(2)12-13-22/h5-9,12-16,19,21,23H,10-11H2,1-4H3/b13-12+,17-15+,18-14+/t16-,19+,21-/m0/s1. The molecule has 1 aromatic rings. The van der Waals surface area contributed by atoms with Crippen LogP contribution >= 0.6 is 22.6 Å². The fourth-order valence-electron chi connectivity index (χ4n) is 2.75. The van der Waals surface area contributed by atoms with Crippen LogP contribution in [0.15, 0.2) is 63.8 Å². The van der Waals surface area contributed by atoms with E-state index in [0.29, 0.717) is 5.92 Å². The van der Waals surface area contributed by atoms with Crippen molar-refractivity contribution in [3.05, 3.63) is 69.4 Å². The molecule has 0 radical (unpaired) electrons. The van der Waals surface area contributed by atoms with Crippen LogP contribution in [0.4, 0.5) is 0 Å². The Bertz CT molecular complexity index is 542. The molecule has 0 fully saturated rings. The van der Waals surface area contributed by atoms with Crippen LogP contribution in [0.2, 0.25) is 0 Å². The molecular weight excluding hydrogens is 395 g/mol. The van der Waals surface area contributed by atoms with E-state index >= 15 is 0 Å². The van der Waals surface area contributed by atoms with E-state index in [1.165, 1.54) is 11.1 Å². The normalized spacial score (nSPS) is 17.3. The second-order valence-electron chi connectivity index (χ2n) is 6.42. The van der Waals surface area contributed by atoms with Crippen molar-refractivity contribution in [2.24, 2.45) is 11.8 Å². The van der Waals surface area contributed by atoms with E-state index < -0.39 is 6.10 Å². The summed E-state index contributed by atoms with van der Waals surface area (Å²) in [4.78, 5) is 0. The van der Waals surface area contributed by atoms with Crippen LogP contribution in [0, 0.1) is 11.8 Å². The minimum Gasteiger partial charge on any atom is -0.388 e. The van der Waals surface area contributed by atoms with Crippen molar-refractivity contribution in [1.82, 2.24) is 0 Å². The highest BCUT2D eigenvalue weighted by molar-refractivity contribution is 14.1.